The first-order valence-corrected chi connectivity index (χ1v) is 7.38. The van der Waals surface area contributed by atoms with Crippen LogP contribution in [0.25, 0.3) is 0 Å². The van der Waals surface area contributed by atoms with Gasteiger partial charge in [-0.05, 0) is 36.6 Å². The van der Waals surface area contributed by atoms with Crippen LogP contribution in [0.3, 0.4) is 0 Å². The fraction of sp³-hybridized carbons (Fsp3) is 0.353. The molecular weight excluding hydrogens is 267 g/mol. The number of halogens is 1. The molecule has 2 aromatic rings. The average molecular weight is 286 g/mol. The van der Waals surface area contributed by atoms with Crippen LogP contribution >= 0.6 is 0 Å². The third kappa shape index (κ3) is 3.72. The van der Waals surface area contributed by atoms with Gasteiger partial charge in [-0.15, -0.1) is 0 Å². The Kier molecular flexibility index (Phi) is 4.34. The van der Waals surface area contributed by atoms with E-state index in [4.69, 9.17) is 4.74 Å². The van der Waals surface area contributed by atoms with Crippen molar-refractivity contribution in [3.8, 4) is 5.75 Å². The minimum atomic E-state index is -0.273. The molecule has 1 saturated heterocycles. The number of benzene rings is 1. The van der Waals surface area contributed by atoms with Gasteiger partial charge in [0.25, 0.3) is 0 Å². The minimum Gasteiger partial charge on any atom is -0.493 e. The second-order valence-corrected chi connectivity index (χ2v) is 5.30. The highest BCUT2D eigenvalue weighted by Gasteiger charge is 2.12. The molecule has 1 aromatic carbocycles. The lowest BCUT2D eigenvalue weighted by Crippen LogP contribution is -2.18. The normalized spacial score (nSPS) is 14.4. The van der Waals surface area contributed by atoms with Gasteiger partial charge in [-0.3, -0.25) is 4.98 Å². The quantitative estimate of drug-likeness (QED) is 0.842. The molecule has 21 heavy (non-hydrogen) atoms. The Morgan fingerprint density at radius 1 is 1.14 bits per heavy atom. The maximum Gasteiger partial charge on any atom is 0.126 e. The number of rotatable bonds is 5. The maximum absolute atomic E-state index is 13.0. The summed E-state index contributed by atoms with van der Waals surface area (Å²) in [4.78, 5) is 6.68. The first-order chi connectivity index (χ1) is 10.3. The van der Waals surface area contributed by atoms with Gasteiger partial charge in [-0.1, -0.05) is 6.07 Å². The second kappa shape index (κ2) is 6.57. The van der Waals surface area contributed by atoms with Crippen LogP contribution in [0.5, 0.6) is 5.75 Å². The summed E-state index contributed by atoms with van der Waals surface area (Å²) in [7, 11) is 0. The number of pyridine rings is 1. The molecule has 1 fully saturated rings. The fourth-order valence-corrected chi connectivity index (χ4v) is 2.60. The molecule has 2 heterocycles. The van der Waals surface area contributed by atoms with E-state index < -0.39 is 0 Å². The van der Waals surface area contributed by atoms with Gasteiger partial charge in [0, 0.05) is 31.8 Å². The Balaban J connectivity index is 1.56. The summed E-state index contributed by atoms with van der Waals surface area (Å²) in [5, 5.41) is 0. The van der Waals surface area contributed by atoms with Gasteiger partial charge in [-0.25, -0.2) is 4.39 Å². The molecular formula is C17H19FN2O. The standard InChI is InChI=1S/C17H19FN2O/c18-15-4-3-5-17(11-15)21-9-6-14-10-16(13-19-12-14)20-7-1-2-8-20/h3-5,10-13H,1-2,6-9H2. The molecule has 110 valence electrons. The largest absolute Gasteiger partial charge is 0.493 e. The number of anilines is 1. The van der Waals surface area contributed by atoms with E-state index in [1.165, 1.54) is 30.7 Å². The van der Waals surface area contributed by atoms with E-state index in [1.807, 2.05) is 12.4 Å². The van der Waals surface area contributed by atoms with Gasteiger partial charge in [0.2, 0.25) is 0 Å². The van der Waals surface area contributed by atoms with Crippen LogP contribution < -0.4 is 9.64 Å². The monoisotopic (exact) mass is 286 g/mol. The molecule has 3 nitrogen and oxygen atoms in total. The molecule has 3 rings (SSSR count). The number of aromatic nitrogens is 1. The van der Waals surface area contributed by atoms with Crippen LogP contribution in [-0.4, -0.2) is 24.7 Å². The average Bonchev–Trinajstić information content (AvgIpc) is 3.02. The van der Waals surface area contributed by atoms with E-state index in [9.17, 15) is 4.39 Å². The SMILES string of the molecule is Fc1cccc(OCCc2cncc(N3CCCC3)c2)c1. The van der Waals surface area contributed by atoms with Crippen molar-refractivity contribution in [1.29, 1.82) is 0 Å². The lowest BCUT2D eigenvalue weighted by molar-refractivity contribution is 0.320. The van der Waals surface area contributed by atoms with Crippen molar-refractivity contribution < 1.29 is 9.13 Å². The van der Waals surface area contributed by atoms with Crippen molar-refractivity contribution in [3.05, 3.63) is 54.1 Å². The summed E-state index contributed by atoms with van der Waals surface area (Å²) >= 11 is 0. The Labute approximate surface area is 124 Å². The van der Waals surface area contributed by atoms with Gasteiger partial charge in [0.15, 0.2) is 0 Å². The van der Waals surface area contributed by atoms with Crippen LogP contribution in [0.1, 0.15) is 18.4 Å². The van der Waals surface area contributed by atoms with Crippen LogP contribution in [0.4, 0.5) is 10.1 Å². The first kappa shape index (κ1) is 13.9. The van der Waals surface area contributed by atoms with Crippen LogP contribution in [0.15, 0.2) is 42.7 Å². The van der Waals surface area contributed by atoms with Crippen LogP contribution in [-0.2, 0) is 6.42 Å². The molecule has 0 N–H and O–H groups in total. The Hall–Kier alpha value is -2.10. The Morgan fingerprint density at radius 2 is 2.00 bits per heavy atom. The number of hydrogen-bond donors (Lipinski definition) is 0. The molecule has 0 amide bonds. The lowest BCUT2D eigenvalue weighted by atomic mass is 10.2. The molecule has 1 aromatic heterocycles. The molecule has 1 aliphatic rings. The zero-order valence-corrected chi connectivity index (χ0v) is 12.0. The van der Waals surface area contributed by atoms with Crippen molar-refractivity contribution in [2.24, 2.45) is 0 Å². The second-order valence-electron chi connectivity index (χ2n) is 5.30. The van der Waals surface area contributed by atoms with E-state index in [0.717, 1.165) is 25.1 Å². The molecule has 0 atom stereocenters. The molecule has 0 radical (unpaired) electrons. The summed E-state index contributed by atoms with van der Waals surface area (Å²) in [5.41, 5.74) is 2.34. The number of ether oxygens (including phenoxy) is 1. The lowest BCUT2D eigenvalue weighted by Gasteiger charge is -2.17. The van der Waals surface area contributed by atoms with Crippen molar-refractivity contribution in [3.63, 3.8) is 0 Å². The van der Waals surface area contributed by atoms with Crippen molar-refractivity contribution in [2.45, 2.75) is 19.3 Å². The van der Waals surface area contributed by atoms with E-state index in [-0.39, 0.29) is 5.82 Å². The number of nitrogens with zero attached hydrogens (tertiary/aromatic N) is 2. The van der Waals surface area contributed by atoms with E-state index >= 15 is 0 Å². The maximum atomic E-state index is 13.0. The van der Waals surface area contributed by atoms with Gasteiger partial charge < -0.3 is 9.64 Å². The zero-order valence-electron chi connectivity index (χ0n) is 12.0. The molecule has 1 aliphatic heterocycles. The predicted molar refractivity (Wildman–Crippen MR) is 81.3 cm³/mol. The van der Waals surface area contributed by atoms with E-state index in [2.05, 4.69) is 16.0 Å². The summed E-state index contributed by atoms with van der Waals surface area (Å²) in [5.74, 6) is 0.295. The fourth-order valence-electron chi connectivity index (χ4n) is 2.60. The van der Waals surface area contributed by atoms with Gasteiger partial charge in [-0.2, -0.15) is 0 Å². The van der Waals surface area contributed by atoms with Gasteiger partial charge in [0.05, 0.1) is 18.5 Å². The summed E-state index contributed by atoms with van der Waals surface area (Å²) in [6.45, 7) is 2.75. The highest BCUT2D eigenvalue weighted by atomic mass is 19.1. The van der Waals surface area contributed by atoms with Gasteiger partial charge in [0.1, 0.15) is 11.6 Å². The first-order valence-electron chi connectivity index (χ1n) is 7.38. The van der Waals surface area contributed by atoms with Crippen molar-refractivity contribution in [2.75, 3.05) is 24.6 Å². The minimum absolute atomic E-state index is 0.273. The molecule has 0 saturated carbocycles. The predicted octanol–water partition coefficient (Wildman–Crippen LogP) is 3.44. The molecule has 4 heteroatoms. The smallest absolute Gasteiger partial charge is 0.126 e. The van der Waals surface area contributed by atoms with E-state index in [1.54, 1.807) is 12.1 Å². The molecule has 0 bridgehead atoms. The number of hydrogen-bond acceptors (Lipinski definition) is 3. The Bertz CT molecular complexity index is 597. The summed E-state index contributed by atoms with van der Waals surface area (Å²) in [6, 6.07) is 8.41. The van der Waals surface area contributed by atoms with Crippen molar-refractivity contribution in [1.82, 2.24) is 4.98 Å². The highest BCUT2D eigenvalue weighted by Crippen LogP contribution is 2.20. The topological polar surface area (TPSA) is 25.4 Å². The molecule has 0 aliphatic carbocycles. The zero-order chi connectivity index (χ0) is 14.5. The van der Waals surface area contributed by atoms with Crippen LogP contribution in [0.2, 0.25) is 0 Å². The van der Waals surface area contributed by atoms with E-state index in [0.29, 0.717) is 12.4 Å². The Morgan fingerprint density at radius 3 is 2.81 bits per heavy atom. The highest BCUT2D eigenvalue weighted by molar-refractivity contribution is 5.46. The third-order valence-corrected chi connectivity index (χ3v) is 3.71. The third-order valence-electron chi connectivity index (χ3n) is 3.71. The van der Waals surface area contributed by atoms with Crippen LogP contribution in [0, 0.1) is 5.82 Å². The summed E-state index contributed by atoms with van der Waals surface area (Å²) < 4.78 is 18.6. The van der Waals surface area contributed by atoms with Crippen molar-refractivity contribution >= 4 is 5.69 Å². The van der Waals surface area contributed by atoms with Gasteiger partial charge >= 0.3 is 0 Å². The molecule has 0 spiro atoms. The summed E-state index contributed by atoms with van der Waals surface area (Å²) in [6.07, 6.45) is 7.07. The molecule has 0 unspecified atom stereocenters.